The van der Waals surface area contributed by atoms with Crippen LogP contribution in [-0.4, -0.2) is 50.9 Å². The number of carbonyl (C=O) groups excluding carboxylic acids is 2. The minimum atomic E-state index is -4.21. The van der Waals surface area contributed by atoms with Gasteiger partial charge < -0.3 is 15.0 Å². The number of methoxy groups -OCH3 is 1. The second-order valence-corrected chi connectivity index (χ2v) is 12.2. The van der Waals surface area contributed by atoms with Crippen LogP contribution in [0.25, 0.3) is 0 Å². The van der Waals surface area contributed by atoms with Crippen molar-refractivity contribution in [2.24, 2.45) is 0 Å². The molecule has 1 atom stereocenters. The number of amides is 2. The third-order valence-electron chi connectivity index (χ3n) is 7.42. The van der Waals surface area contributed by atoms with Gasteiger partial charge in [-0.05, 0) is 69.2 Å². The van der Waals surface area contributed by atoms with Gasteiger partial charge in [0.2, 0.25) is 11.8 Å². The van der Waals surface area contributed by atoms with Crippen molar-refractivity contribution in [2.45, 2.75) is 63.1 Å². The molecule has 3 aromatic rings. The van der Waals surface area contributed by atoms with Gasteiger partial charge >= 0.3 is 0 Å². The molecule has 0 unspecified atom stereocenters. The van der Waals surface area contributed by atoms with E-state index in [9.17, 15) is 22.4 Å². The van der Waals surface area contributed by atoms with Gasteiger partial charge in [0.1, 0.15) is 24.2 Å². The largest absolute Gasteiger partial charge is 0.497 e. The number of anilines is 1. The molecular weight excluding hydrogens is 545 g/mol. The highest BCUT2D eigenvalue weighted by molar-refractivity contribution is 7.92. The zero-order chi connectivity index (χ0) is 29.6. The summed E-state index contributed by atoms with van der Waals surface area (Å²) in [6, 6.07) is 17.7. The predicted octanol–water partition coefficient (Wildman–Crippen LogP) is 4.81. The number of hydrogen-bond donors (Lipinski definition) is 1. The fourth-order valence-electron chi connectivity index (χ4n) is 4.90. The molecular formula is C31H36FN3O5S. The molecule has 4 rings (SSSR count). The fraction of sp³-hybridized carbons (Fsp3) is 0.355. The third-order valence-corrected chi connectivity index (χ3v) is 9.20. The van der Waals surface area contributed by atoms with Crippen LogP contribution in [0.1, 0.15) is 43.7 Å². The van der Waals surface area contributed by atoms with E-state index in [1.807, 2.05) is 6.92 Å². The quantitative estimate of drug-likeness (QED) is 0.351. The zero-order valence-corrected chi connectivity index (χ0v) is 24.4. The summed E-state index contributed by atoms with van der Waals surface area (Å²) in [5, 5.41) is 3.00. The Morgan fingerprint density at radius 2 is 1.63 bits per heavy atom. The number of aryl methyl sites for hydroxylation is 1. The lowest BCUT2D eigenvalue weighted by molar-refractivity contribution is -0.139. The van der Waals surface area contributed by atoms with Crippen molar-refractivity contribution in [1.82, 2.24) is 10.2 Å². The molecule has 1 saturated carbocycles. The minimum Gasteiger partial charge on any atom is -0.497 e. The molecule has 0 bridgehead atoms. The number of halogens is 1. The molecule has 0 aliphatic heterocycles. The van der Waals surface area contributed by atoms with Gasteiger partial charge in [-0.2, -0.15) is 0 Å². The van der Waals surface area contributed by atoms with Crippen molar-refractivity contribution in [3.8, 4) is 5.75 Å². The molecule has 0 radical (unpaired) electrons. The van der Waals surface area contributed by atoms with E-state index in [0.717, 1.165) is 35.6 Å². The highest BCUT2D eigenvalue weighted by atomic mass is 32.2. The summed E-state index contributed by atoms with van der Waals surface area (Å²) in [5.41, 5.74) is 1.43. The Balaban J connectivity index is 1.69. The summed E-state index contributed by atoms with van der Waals surface area (Å²) in [5.74, 6) is -1.03. The Morgan fingerprint density at radius 3 is 2.24 bits per heavy atom. The second kappa shape index (κ2) is 13.2. The van der Waals surface area contributed by atoms with Crippen molar-refractivity contribution in [2.75, 3.05) is 18.0 Å². The van der Waals surface area contributed by atoms with Crippen molar-refractivity contribution in [1.29, 1.82) is 0 Å². The molecule has 10 heteroatoms. The maximum atomic E-state index is 14.7. The Kier molecular flexibility index (Phi) is 9.65. The van der Waals surface area contributed by atoms with Gasteiger partial charge in [-0.3, -0.25) is 13.9 Å². The molecule has 0 saturated heterocycles. The SMILES string of the molecule is COc1ccc(S(=O)(=O)N(CC(=O)N(Cc2ccccc2F)[C@@H](C)C(=O)NC2CCCC2)c2ccc(C)cc2)cc1. The molecule has 8 nitrogen and oxygen atoms in total. The van der Waals surface area contributed by atoms with Gasteiger partial charge in [-0.15, -0.1) is 0 Å². The third kappa shape index (κ3) is 7.24. The van der Waals surface area contributed by atoms with E-state index < -0.39 is 34.3 Å². The van der Waals surface area contributed by atoms with Crippen molar-refractivity contribution < 1.29 is 27.1 Å². The van der Waals surface area contributed by atoms with E-state index in [1.54, 1.807) is 49.4 Å². The molecule has 1 aliphatic rings. The summed E-state index contributed by atoms with van der Waals surface area (Å²) in [4.78, 5) is 28.4. The van der Waals surface area contributed by atoms with E-state index >= 15 is 0 Å². The van der Waals surface area contributed by atoms with Gasteiger partial charge in [0.25, 0.3) is 10.0 Å². The summed E-state index contributed by atoms with van der Waals surface area (Å²) in [6.07, 6.45) is 3.76. The number of ether oxygens (including phenoxy) is 1. The average Bonchev–Trinajstić information content (AvgIpc) is 3.48. The lowest BCUT2D eigenvalue weighted by Gasteiger charge is -2.32. The van der Waals surface area contributed by atoms with E-state index in [0.29, 0.717) is 5.75 Å². The molecule has 0 aromatic heterocycles. The van der Waals surface area contributed by atoms with Crippen LogP contribution in [0, 0.1) is 12.7 Å². The van der Waals surface area contributed by atoms with Crippen molar-refractivity contribution in [3.05, 3.63) is 89.7 Å². The first kappa shape index (κ1) is 30.0. The highest BCUT2D eigenvalue weighted by Gasteiger charge is 2.33. The number of rotatable bonds is 11. The minimum absolute atomic E-state index is 0.0230. The summed E-state index contributed by atoms with van der Waals surface area (Å²) >= 11 is 0. The van der Waals surface area contributed by atoms with E-state index in [2.05, 4.69) is 5.32 Å². The molecule has 41 heavy (non-hydrogen) atoms. The zero-order valence-electron chi connectivity index (χ0n) is 23.5. The molecule has 218 valence electrons. The topological polar surface area (TPSA) is 96.0 Å². The Bertz CT molecular complexity index is 1460. The number of nitrogens with zero attached hydrogens (tertiary/aromatic N) is 2. The number of hydrogen-bond acceptors (Lipinski definition) is 5. The van der Waals surface area contributed by atoms with Crippen LogP contribution in [0.3, 0.4) is 0 Å². The van der Waals surface area contributed by atoms with Gasteiger partial charge in [-0.25, -0.2) is 12.8 Å². The molecule has 3 aromatic carbocycles. The molecule has 1 aliphatic carbocycles. The van der Waals surface area contributed by atoms with Crippen molar-refractivity contribution in [3.63, 3.8) is 0 Å². The highest BCUT2D eigenvalue weighted by Crippen LogP contribution is 2.27. The lowest BCUT2D eigenvalue weighted by atomic mass is 10.1. The Hall–Kier alpha value is -3.92. The van der Waals surface area contributed by atoms with E-state index in [4.69, 9.17) is 4.74 Å². The van der Waals surface area contributed by atoms with Crippen LogP contribution in [-0.2, 0) is 26.2 Å². The Labute approximate surface area is 241 Å². The van der Waals surface area contributed by atoms with Crippen LogP contribution in [0.2, 0.25) is 0 Å². The van der Waals surface area contributed by atoms with Crippen LogP contribution in [0.5, 0.6) is 5.75 Å². The Morgan fingerprint density at radius 1 is 1.00 bits per heavy atom. The number of nitrogens with one attached hydrogen (secondary N) is 1. The number of sulfonamides is 1. The van der Waals surface area contributed by atoms with Gasteiger partial charge in [0, 0.05) is 18.2 Å². The molecule has 0 heterocycles. The maximum absolute atomic E-state index is 14.7. The molecule has 0 spiro atoms. The number of benzene rings is 3. The lowest BCUT2D eigenvalue weighted by Crippen LogP contribution is -2.52. The van der Waals surface area contributed by atoms with Crippen molar-refractivity contribution >= 4 is 27.5 Å². The van der Waals surface area contributed by atoms with E-state index in [1.165, 1.54) is 42.3 Å². The first-order valence-corrected chi connectivity index (χ1v) is 15.1. The monoisotopic (exact) mass is 581 g/mol. The van der Waals surface area contributed by atoms with E-state index in [-0.39, 0.29) is 34.6 Å². The normalized spacial score (nSPS) is 14.3. The number of carbonyl (C=O) groups is 2. The maximum Gasteiger partial charge on any atom is 0.264 e. The second-order valence-electron chi connectivity index (χ2n) is 10.3. The van der Waals surface area contributed by atoms with Crippen LogP contribution < -0.4 is 14.4 Å². The van der Waals surface area contributed by atoms with Gasteiger partial charge in [0.15, 0.2) is 0 Å². The summed E-state index contributed by atoms with van der Waals surface area (Å²) < 4.78 is 48.7. The summed E-state index contributed by atoms with van der Waals surface area (Å²) in [6.45, 7) is 2.66. The standard InChI is InChI=1S/C31H36FN3O5S/c1-22-12-14-26(15-13-22)35(41(38,39)28-18-16-27(40-3)17-19-28)21-30(36)34(20-24-8-4-7-11-29(24)32)23(2)31(37)33-25-9-5-6-10-25/h4,7-8,11-19,23,25H,5-6,9-10,20-21H2,1-3H3,(H,33,37)/t23-/m0/s1. The first-order chi connectivity index (χ1) is 19.6. The van der Waals surface area contributed by atoms with Crippen LogP contribution >= 0.6 is 0 Å². The molecule has 2 amide bonds. The fourth-order valence-corrected chi connectivity index (χ4v) is 6.31. The summed E-state index contributed by atoms with van der Waals surface area (Å²) in [7, 11) is -2.73. The van der Waals surface area contributed by atoms with Crippen LogP contribution in [0.4, 0.5) is 10.1 Å². The van der Waals surface area contributed by atoms with Gasteiger partial charge in [0.05, 0.1) is 17.7 Å². The smallest absolute Gasteiger partial charge is 0.264 e. The first-order valence-electron chi connectivity index (χ1n) is 13.7. The average molecular weight is 582 g/mol. The van der Waals surface area contributed by atoms with Gasteiger partial charge in [-0.1, -0.05) is 48.7 Å². The predicted molar refractivity (Wildman–Crippen MR) is 156 cm³/mol. The molecule has 1 N–H and O–H groups in total. The van der Waals surface area contributed by atoms with Crippen LogP contribution in [0.15, 0.2) is 77.7 Å². The molecule has 1 fully saturated rings.